The van der Waals surface area contributed by atoms with Gasteiger partial charge in [0, 0.05) is 10.5 Å². The van der Waals surface area contributed by atoms with Crippen LogP contribution in [0.3, 0.4) is 0 Å². The first-order chi connectivity index (χ1) is 14.2. The van der Waals surface area contributed by atoms with Crippen LogP contribution in [0.5, 0.6) is 5.75 Å². The van der Waals surface area contributed by atoms with Crippen LogP contribution in [0, 0.1) is 5.82 Å². The van der Waals surface area contributed by atoms with E-state index < -0.39 is 21.9 Å². The van der Waals surface area contributed by atoms with E-state index >= 15 is 0 Å². The maximum Gasteiger partial charge on any atom is 0.261 e. The molecule has 0 radical (unpaired) electrons. The molecule has 0 heterocycles. The number of ether oxygens (including phenoxy) is 1. The Bertz CT molecular complexity index is 993. The second-order valence-electron chi connectivity index (χ2n) is 7.30. The lowest BCUT2D eigenvalue weighted by Gasteiger charge is -2.24. The maximum absolute atomic E-state index is 13.9. The molecule has 162 valence electrons. The van der Waals surface area contributed by atoms with E-state index in [4.69, 9.17) is 4.74 Å². The average molecular weight is 499 g/mol. The van der Waals surface area contributed by atoms with E-state index in [2.05, 4.69) is 26.0 Å². The molecule has 0 aromatic heterocycles. The first-order valence-electron chi connectivity index (χ1n) is 9.79. The zero-order chi connectivity index (χ0) is 21.7. The van der Waals surface area contributed by atoms with Crippen molar-refractivity contribution < 1.29 is 22.3 Å². The van der Waals surface area contributed by atoms with Gasteiger partial charge < -0.3 is 10.1 Å². The van der Waals surface area contributed by atoms with Gasteiger partial charge in [-0.15, -0.1) is 0 Å². The van der Waals surface area contributed by atoms with E-state index in [1.54, 1.807) is 6.92 Å². The van der Waals surface area contributed by atoms with Crippen molar-refractivity contribution >= 4 is 37.5 Å². The summed E-state index contributed by atoms with van der Waals surface area (Å²) >= 11 is 3.13. The van der Waals surface area contributed by atoms with E-state index in [9.17, 15) is 17.6 Å². The van der Waals surface area contributed by atoms with Crippen LogP contribution < -0.4 is 14.8 Å². The summed E-state index contributed by atoms with van der Waals surface area (Å²) in [5.41, 5.74) is -0.147. The monoisotopic (exact) mass is 498 g/mol. The molecule has 1 fully saturated rings. The number of hydrogen-bond donors (Lipinski definition) is 2. The number of sulfonamides is 1. The van der Waals surface area contributed by atoms with Gasteiger partial charge in [0.25, 0.3) is 15.9 Å². The van der Waals surface area contributed by atoms with Gasteiger partial charge in [-0.1, -0.05) is 35.2 Å². The smallest absolute Gasteiger partial charge is 0.261 e. The highest BCUT2D eigenvalue weighted by molar-refractivity contribution is 9.10. The van der Waals surface area contributed by atoms with Crippen LogP contribution in [-0.2, 0) is 14.8 Å². The number of carbonyl (C=O) groups is 1. The SMILES string of the molecule is C[C@@H](Oc1ccc(S(=O)(=O)Nc2ccc(Br)cc2F)cc1)C(=O)NC1CCCCC1. The molecule has 0 saturated heterocycles. The molecule has 1 atom stereocenters. The van der Waals surface area contributed by atoms with Crippen molar-refractivity contribution in [3.05, 3.63) is 52.8 Å². The minimum Gasteiger partial charge on any atom is -0.481 e. The molecule has 0 aliphatic heterocycles. The highest BCUT2D eigenvalue weighted by Crippen LogP contribution is 2.24. The number of rotatable bonds is 7. The van der Waals surface area contributed by atoms with Crippen molar-refractivity contribution in [3.63, 3.8) is 0 Å². The number of nitrogens with one attached hydrogen (secondary N) is 2. The van der Waals surface area contributed by atoms with Crippen molar-refractivity contribution in [1.29, 1.82) is 0 Å². The quantitative estimate of drug-likeness (QED) is 0.583. The molecule has 0 spiro atoms. The van der Waals surface area contributed by atoms with Crippen LogP contribution in [0.25, 0.3) is 0 Å². The minimum atomic E-state index is -3.97. The molecule has 1 amide bonds. The van der Waals surface area contributed by atoms with Crippen LogP contribution in [0.4, 0.5) is 10.1 Å². The molecule has 2 aromatic rings. The number of carbonyl (C=O) groups excluding carboxylic acids is 1. The summed E-state index contributed by atoms with van der Waals surface area (Å²) in [5, 5.41) is 3.00. The van der Waals surface area contributed by atoms with Gasteiger partial charge in [-0.2, -0.15) is 0 Å². The zero-order valence-corrected chi connectivity index (χ0v) is 18.9. The fourth-order valence-electron chi connectivity index (χ4n) is 3.30. The van der Waals surface area contributed by atoms with Crippen LogP contribution in [0.2, 0.25) is 0 Å². The van der Waals surface area contributed by atoms with Crippen molar-refractivity contribution in [2.24, 2.45) is 0 Å². The summed E-state index contributed by atoms with van der Waals surface area (Å²) in [6.45, 7) is 1.65. The highest BCUT2D eigenvalue weighted by atomic mass is 79.9. The van der Waals surface area contributed by atoms with Crippen LogP contribution in [0.15, 0.2) is 51.8 Å². The van der Waals surface area contributed by atoms with Crippen molar-refractivity contribution in [3.8, 4) is 5.75 Å². The Labute approximate surface area is 184 Å². The van der Waals surface area contributed by atoms with Gasteiger partial charge >= 0.3 is 0 Å². The molecule has 1 aliphatic rings. The standard InChI is InChI=1S/C21H24BrFN2O4S/c1-14(21(26)24-16-5-3-2-4-6-16)29-17-8-10-18(11-9-17)30(27,28)25-20-12-7-15(22)13-19(20)23/h7-14,16,25H,2-6H2,1H3,(H,24,26)/t14-/m1/s1. The molecule has 0 bridgehead atoms. The van der Waals surface area contributed by atoms with Gasteiger partial charge in [0.05, 0.1) is 10.6 Å². The second-order valence-corrected chi connectivity index (χ2v) is 9.90. The topological polar surface area (TPSA) is 84.5 Å². The Hall–Kier alpha value is -2.13. The zero-order valence-electron chi connectivity index (χ0n) is 16.5. The summed E-state index contributed by atoms with van der Waals surface area (Å²) in [7, 11) is -3.97. The third-order valence-corrected chi connectivity index (χ3v) is 6.82. The molecule has 3 rings (SSSR count). The molecule has 2 N–H and O–H groups in total. The van der Waals surface area contributed by atoms with Crippen LogP contribution in [0.1, 0.15) is 39.0 Å². The van der Waals surface area contributed by atoms with Gasteiger partial charge in [0.1, 0.15) is 11.6 Å². The molecule has 9 heteroatoms. The van der Waals surface area contributed by atoms with Crippen molar-refractivity contribution in [2.75, 3.05) is 4.72 Å². The number of benzene rings is 2. The maximum atomic E-state index is 13.9. The van der Waals surface area contributed by atoms with E-state index in [1.807, 2.05) is 0 Å². The van der Waals surface area contributed by atoms with E-state index in [0.29, 0.717) is 10.2 Å². The average Bonchev–Trinajstić information content (AvgIpc) is 2.71. The predicted octanol–water partition coefficient (Wildman–Crippen LogP) is 4.61. The number of anilines is 1. The number of halogens is 2. The first-order valence-corrected chi connectivity index (χ1v) is 12.1. The highest BCUT2D eigenvalue weighted by Gasteiger charge is 2.21. The summed E-state index contributed by atoms with van der Waals surface area (Å²) in [5.74, 6) is -0.508. The fraction of sp³-hybridized carbons (Fsp3) is 0.381. The Morgan fingerprint density at radius 1 is 1.13 bits per heavy atom. The molecule has 30 heavy (non-hydrogen) atoms. The van der Waals surface area contributed by atoms with Crippen LogP contribution in [-0.4, -0.2) is 26.5 Å². The number of hydrogen-bond acceptors (Lipinski definition) is 4. The summed E-state index contributed by atoms with van der Waals surface area (Å²) in [6.07, 6.45) is 4.71. The Kier molecular flexibility index (Phi) is 7.36. The van der Waals surface area contributed by atoms with Gasteiger partial charge in [0.15, 0.2) is 6.10 Å². The molecule has 0 unspecified atom stereocenters. The van der Waals surface area contributed by atoms with E-state index in [-0.39, 0.29) is 22.5 Å². The largest absolute Gasteiger partial charge is 0.481 e. The fourth-order valence-corrected chi connectivity index (χ4v) is 4.70. The molecule has 6 nitrogen and oxygen atoms in total. The Balaban J connectivity index is 1.61. The first kappa shape index (κ1) is 22.6. The summed E-state index contributed by atoms with van der Waals surface area (Å²) in [6, 6.07) is 9.87. The van der Waals surface area contributed by atoms with Gasteiger partial charge in [-0.3, -0.25) is 9.52 Å². The van der Waals surface area contributed by atoms with Gasteiger partial charge in [0.2, 0.25) is 0 Å². The predicted molar refractivity (Wildman–Crippen MR) is 116 cm³/mol. The van der Waals surface area contributed by atoms with E-state index in [1.165, 1.54) is 48.9 Å². The van der Waals surface area contributed by atoms with Gasteiger partial charge in [-0.05, 0) is 62.2 Å². The van der Waals surface area contributed by atoms with Crippen LogP contribution >= 0.6 is 15.9 Å². The summed E-state index contributed by atoms with van der Waals surface area (Å²) in [4.78, 5) is 12.3. The molecular weight excluding hydrogens is 475 g/mol. The Morgan fingerprint density at radius 3 is 2.43 bits per heavy atom. The molecule has 1 saturated carbocycles. The molecular formula is C21H24BrFN2O4S. The molecule has 2 aromatic carbocycles. The lowest BCUT2D eigenvalue weighted by Crippen LogP contribution is -2.43. The second kappa shape index (κ2) is 9.78. The Morgan fingerprint density at radius 2 is 1.80 bits per heavy atom. The summed E-state index contributed by atoms with van der Waals surface area (Å²) < 4.78 is 47.3. The minimum absolute atomic E-state index is 0.0449. The normalized spacial score (nSPS) is 16.0. The van der Waals surface area contributed by atoms with Crippen molar-refractivity contribution in [1.82, 2.24) is 5.32 Å². The lowest BCUT2D eigenvalue weighted by atomic mass is 9.95. The lowest BCUT2D eigenvalue weighted by molar-refractivity contribution is -0.128. The third-order valence-electron chi connectivity index (χ3n) is 4.94. The molecule has 1 aliphatic carbocycles. The van der Waals surface area contributed by atoms with Crippen molar-refractivity contribution in [2.45, 2.75) is 56.1 Å². The number of amides is 1. The van der Waals surface area contributed by atoms with Gasteiger partial charge in [-0.25, -0.2) is 12.8 Å². The van der Waals surface area contributed by atoms with E-state index in [0.717, 1.165) is 25.7 Å². The third kappa shape index (κ3) is 5.95.